The van der Waals surface area contributed by atoms with Crippen LogP contribution in [0.15, 0.2) is 6.20 Å². The zero-order valence-corrected chi connectivity index (χ0v) is 10.4. The van der Waals surface area contributed by atoms with Gasteiger partial charge in [0, 0.05) is 6.54 Å². The second-order valence-corrected chi connectivity index (χ2v) is 5.57. The molecule has 0 aliphatic heterocycles. The number of nitrogens with one attached hydrogen (secondary N) is 1. The fraction of sp³-hybridized carbons (Fsp3) is 0.636. The molecule has 0 amide bonds. The standard InChI is InChI=1S/C11H16N2O2S/c1-11(4-3-5-11)7-13-10-12-6-8(16-10)9(14)15-2/h6H,3-5,7H2,1-2H3,(H,12,13). The Balaban J connectivity index is 1.90. The molecule has 5 heteroatoms. The van der Waals surface area contributed by atoms with E-state index in [2.05, 4.69) is 22.0 Å². The van der Waals surface area contributed by atoms with Gasteiger partial charge in [-0.2, -0.15) is 0 Å². The molecular weight excluding hydrogens is 224 g/mol. The van der Waals surface area contributed by atoms with Crippen LogP contribution >= 0.6 is 11.3 Å². The summed E-state index contributed by atoms with van der Waals surface area (Å²) in [6, 6.07) is 0. The summed E-state index contributed by atoms with van der Waals surface area (Å²) in [4.78, 5) is 15.9. The van der Waals surface area contributed by atoms with Gasteiger partial charge in [-0.05, 0) is 18.3 Å². The van der Waals surface area contributed by atoms with Crippen LogP contribution in [-0.2, 0) is 4.74 Å². The second kappa shape index (κ2) is 4.41. The Morgan fingerprint density at radius 3 is 3.00 bits per heavy atom. The fourth-order valence-electron chi connectivity index (χ4n) is 1.80. The number of methoxy groups -OCH3 is 1. The average Bonchev–Trinajstić information content (AvgIpc) is 2.71. The maximum Gasteiger partial charge on any atom is 0.349 e. The predicted octanol–water partition coefficient (Wildman–Crippen LogP) is 2.53. The Morgan fingerprint density at radius 2 is 2.44 bits per heavy atom. The van der Waals surface area contributed by atoms with E-state index in [1.807, 2.05) is 0 Å². The summed E-state index contributed by atoms with van der Waals surface area (Å²) in [6.45, 7) is 3.21. The first kappa shape index (κ1) is 11.4. The summed E-state index contributed by atoms with van der Waals surface area (Å²) in [5.41, 5.74) is 0.414. The Hall–Kier alpha value is -1.10. The molecule has 0 radical (unpaired) electrons. The number of rotatable bonds is 4. The maximum absolute atomic E-state index is 11.2. The third kappa shape index (κ3) is 2.35. The summed E-state index contributed by atoms with van der Waals surface area (Å²) >= 11 is 1.34. The molecule has 1 aromatic rings. The number of esters is 1. The monoisotopic (exact) mass is 240 g/mol. The van der Waals surface area contributed by atoms with E-state index >= 15 is 0 Å². The Labute approximate surface area is 99.0 Å². The van der Waals surface area contributed by atoms with E-state index in [0.29, 0.717) is 10.3 Å². The van der Waals surface area contributed by atoms with Crippen molar-refractivity contribution >= 4 is 22.4 Å². The van der Waals surface area contributed by atoms with Gasteiger partial charge in [-0.1, -0.05) is 24.7 Å². The number of ether oxygens (including phenoxy) is 1. The first-order chi connectivity index (χ1) is 7.63. The Kier molecular flexibility index (Phi) is 3.14. The maximum atomic E-state index is 11.2. The zero-order valence-electron chi connectivity index (χ0n) is 9.58. The number of thiazole rings is 1. The molecule has 2 rings (SSSR count). The van der Waals surface area contributed by atoms with Crippen LogP contribution in [0.4, 0.5) is 5.13 Å². The minimum absolute atomic E-state index is 0.319. The number of anilines is 1. The molecule has 1 heterocycles. The minimum atomic E-state index is -0.319. The van der Waals surface area contributed by atoms with Crippen molar-refractivity contribution in [1.29, 1.82) is 0 Å². The van der Waals surface area contributed by atoms with Gasteiger partial charge in [-0.3, -0.25) is 0 Å². The molecule has 1 aliphatic carbocycles. The molecule has 0 bridgehead atoms. The molecule has 1 fully saturated rings. The lowest BCUT2D eigenvalue weighted by molar-refractivity contribution is 0.0606. The van der Waals surface area contributed by atoms with Crippen molar-refractivity contribution in [2.24, 2.45) is 5.41 Å². The van der Waals surface area contributed by atoms with Crippen molar-refractivity contribution < 1.29 is 9.53 Å². The van der Waals surface area contributed by atoms with Crippen molar-refractivity contribution in [3.8, 4) is 0 Å². The molecule has 88 valence electrons. The highest BCUT2D eigenvalue weighted by Gasteiger charge is 2.31. The van der Waals surface area contributed by atoms with Crippen LogP contribution in [0.5, 0.6) is 0 Å². The zero-order chi connectivity index (χ0) is 11.6. The van der Waals surface area contributed by atoms with Gasteiger partial charge in [0.15, 0.2) is 5.13 Å². The van der Waals surface area contributed by atoms with Crippen molar-refractivity contribution in [2.45, 2.75) is 26.2 Å². The lowest BCUT2D eigenvalue weighted by Crippen LogP contribution is -2.33. The Morgan fingerprint density at radius 1 is 1.69 bits per heavy atom. The highest BCUT2D eigenvalue weighted by atomic mass is 32.1. The molecule has 16 heavy (non-hydrogen) atoms. The lowest BCUT2D eigenvalue weighted by atomic mass is 9.70. The normalized spacial score (nSPS) is 17.6. The molecule has 1 N–H and O–H groups in total. The van der Waals surface area contributed by atoms with Gasteiger partial charge < -0.3 is 10.1 Å². The van der Waals surface area contributed by atoms with Gasteiger partial charge in [-0.25, -0.2) is 9.78 Å². The molecule has 0 aromatic carbocycles. The van der Waals surface area contributed by atoms with Crippen molar-refractivity contribution in [3.63, 3.8) is 0 Å². The van der Waals surface area contributed by atoms with Gasteiger partial charge >= 0.3 is 5.97 Å². The van der Waals surface area contributed by atoms with Crippen molar-refractivity contribution in [3.05, 3.63) is 11.1 Å². The third-order valence-electron chi connectivity index (χ3n) is 3.12. The largest absolute Gasteiger partial charge is 0.465 e. The molecule has 4 nitrogen and oxygen atoms in total. The number of hydrogen-bond donors (Lipinski definition) is 1. The number of carbonyl (C=O) groups excluding carboxylic acids is 1. The summed E-state index contributed by atoms with van der Waals surface area (Å²) in [6.07, 6.45) is 5.43. The molecule has 0 atom stereocenters. The second-order valence-electron chi connectivity index (χ2n) is 4.54. The summed E-state index contributed by atoms with van der Waals surface area (Å²) in [7, 11) is 1.38. The van der Waals surface area contributed by atoms with E-state index in [1.54, 1.807) is 6.20 Å². The quantitative estimate of drug-likeness (QED) is 0.822. The van der Waals surface area contributed by atoms with Gasteiger partial charge in [0.2, 0.25) is 0 Å². The van der Waals surface area contributed by atoms with Crippen LogP contribution in [0.25, 0.3) is 0 Å². The highest BCUT2D eigenvalue weighted by Crippen LogP contribution is 2.40. The summed E-state index contributed by atoms with van der Waals surface area (Å²) < 4.78 is 4.63. The van der Waals surface area contributed by atoms with Gasteiger partial charge in [0.25, 0.3) is 0 Å². The highest BCUT2D eigenvalue weighted by molar-refractivity contribution is 7.17. The number of hydrogen-bond acceptors (Lipinski definition) is 5. The van der Waals surface area contributed by atoms with Crippen molar-refractivity contribution in [1.82, 2.24) is 4.98 Å². The third-order valence-corrected chi connectivity index (χ3v) is 4.05. The van der Waals surface area contributed by atoms with Crippen molar-refractivity contribution in [2.75, 3.05) is 19.0 Å². The number of carbonyl (C=O) groups is 1. The van der Waals surface area contributed by atoms with Crippen LogP contribution in [0.1, 0.15) is 35.9 Å². The van der Waals surface area contributed by atoms with Gasteiger partial charge in [-0.15, -0.1) is 0 Å². The summed E-state index contributed by atoms with van der Waals surface area (Å²) in [5, 5.41) is 4.09. The molecule has 0 spiro atoms. The van der Waals surface area contributed by atoms with Gasteiger partial charge in [0.05, 0.1) is 13.3 Å². The lowest BCUT2D eigenvalue weighted by Gasteiger charge is -2.38. The molecular formula is C11H16N2O2S. The topological polar surface area (TPSA) is 51.2 Å². The van der Waals surface area contributed by atoms with E-state index in [-0.39, 0.29) is 5.97 Å². The first-order valence-corrected chi connectivity index (χ1v) is 6.23. The smallest absolute Gasteiger partial charge is 0.349 e. The molecule has 1 aliphatic rings. The van der Waals surface area contributed by atoms with Crippen LogP contribution in [-0.4, -0.2) is 24.6 Å². The Bertz CT molecular complexity index is 385. The van der Waals surface area contributed by atoms with E-state index < -0.39 is 0 Å². The first-order valence-electron chi connectivity index (χ1n) is 5.41. The molecule has 1 saturated carbocycles. The van der Waals surface area contributed by atoms with E-state index in [0.717, 1.165) is 11.7 Å². The molecule has 1 aromatic heterocycles. The van der Waals surface area contributed by atoms with Gasteiger partial charge in [0.1, 0.15) is 4.88 Å². The number of aromatic nitrogens is 1. The van der Waals surface area contributed by atoms with E-state index in [4.69, 9.17) is 0 Å². The SMILES string of the molecule is COC(=O)c1cnc(NCC2(C)CCC2)s1. The van der Waals surface area contributed by atoms with Crippen LogP contribution in [0.2, 0.25) is 0 Å². The fourth-order valence-corrected chi connectivity index (χ4v) is 2.53. The van der Waals surface area contributed by atoms with Crippen LogP contribution < -0.4 is 5.32 Å². The average molecular weight is 240 g/mol. The molecule has 0 saturated heterocycles. The van der Waals surface area contributed by atoms with Crippen LogP contribution in [0.3, 0.4) is 0 Å². The predicted molar refractivity (Wildman–Crippen MR) is 63.9 cm³/mol. The van der Waals surface area contributed by atoms with Crippen LogP contribution in [0, 0.1) is 5.41 Å². The minimum Gasteiger partial charge on any atom is -0.465 e. The number of nitrogens with zero attached hydrogens (tertiary/aromatic N) is 1. The van der Waals surface area contributed by atoms with E-state index in [9.17, 15) is 4.79 Å². The summed E-state index contributed by atoms with van der Waals surface area (Å²) in [5.74, 6) is -0.319. The molecule has 0 unspecified atom stereocenters. The van der Waals surface area contributed by atoms with E-state index in [1.165, 1.54) is 37.7 Å².